The van der Waals surface area contributed by atoms with E-state index in [4.69, 9.17) is 0 Å². The first-order valence-corrected chi connectivity index (χ1v) is 6.63. The Balaban J connectivity index is 2.69. The van der Waals surface area contributed by atoms with E-state index in [9.17, 15) is 8.42 Å². The van der Waals surface area contributed by atoms with Crippen molar-refractivity contribution in [3.63, 3.8) is 0 Å². The zero-order valence-electron chi connectivity index (χ0n) is 9.84. The molecule has 0 amide bonds. The predicted octanol–water partition coefficient (Wildman–Crippen LogP) is 1.36. The van der Waals surface area contributed by atoms with Crippen LogP contribution in [0.25, 0.3) is 0 Å². The molecule has 1 aromatic rings. The Labute approximate surface area is 97.5 Å². The maximum Gasteiger partial charge on any atom is 0.279 e. The maximum atomic E-state index is 11.8. The van der Waals surface area contributed by atoms with E-state index in [0.717, 1.165) is 5.56 Å². The molecule has 1 rings (SSSR count). The molecule has 0 aliphatic heterocycles. The molecule has 1 aromatic carbocycles. The van der Waals surface area contributed by atoms with Gasteiger partial charge in [0.25, 0.3) is 10.2 Å². The minimum Gasteiger partial charge on any atom is -0.200 e. The second-order valence-corrected chi connectivity index (χ2v) is 5.83. The maximum absolute atomic E-state index is 11.8. The molecule has 0 saturated heterocycles. The molecule has 0 heterocycles. The summed E-state index contributed by atoms with van der Waals surface area (Å²) in [5, 5.41) is 0. The fourth-order valence-electron chi connectivity index (χ4n) is 1.31. The van der Waals surface area contributed by atoms with Gasteiger partial charge in [-0.25, -0.2) is 0 Å². The van der Waals surface area contributed by atoms with Crippen LogP contribution < -0.4 is 4.72 Å². The first-order valence-electron chi connectivity index (χ1n) is 5.19. The van der Waals surface area contributed by atoms with E-state index in [1.54, 1.807) is 20.9 Å². The van der Waals surface area contributed by atoms with Gasteiger partial charge in [0, 0.05) is 19.6 Å². The average Bonchev–Trinajstić information content (AvgIpc) is 2.17. The van der Waals surface area contributed by atoms with Gasteiger partial charge in [-0.15, -0.1) is 0 Å². The van der Waals surface area contributed by atoms with Gasteiger partial charge < -0.3 is 0 Å². The van der Waals surface area contributed by atoms with Crippen LogP contribution in [0.15, 0.2) is 30.3 Å². The molecule has 4 nitrogen and oxygen atoms in total. The lowest BCUT2D eigenvalue weighted by molar-refractivity contribution is 0.449. The Bertz CT molecular complexity index is 415. The molecule has 90 valence electrons. The van der Waals surface area contributed by atoms with Crippen LogP contribution in [-0.2, 0) is 16.8 Å². The lowest BCUT2D eigenvalue weighted by atomic mass is 10.2. The third-order valence-electron chi connectivity index (χ3n) is 2.04. The molecule has 0 saturated carbocycles. The fraction of sp³-hybridized carbons (Fsp3) is 0.455. The van der Waals surface area contributed by atoms with Crippen LogP contribution in [0.3, 0.4) is 0 Å². The van der Waals surface area contributed by atoms with Gasteiger partial charge in [0.1, 0.15) is 0 Å². The summed E-state index contributed by atoms with van der Waals surface area (Å²) >= 11 is 0. The lowest BCUT2D eigenvalue weighted by Gasteiger charge is -2.19. The number of hydrogen-bond acceptors (Lipinski definition) is 2. The summed E-state index contributed by atoms with van der Waals surface area (Å²) in [6, 6.07) is 9.41. The van der Waals surface area contributed by atoms with Crippen molar-refractivity contribution in [3.8, 4) is 0 Å². The Morgan fingerprint density at radius 3 is 2.31 bits per heavy atom. The highest BCUT2D eigenvalue weighted by Crippen LogP contribution is 2.05. The van der Waals surface area contributed by atoms with E-state index in [0.29, 0.717) is 6.54 Å². The van der Waals surface area contributed by atoms with Crippen LogP contribution >= 0.6 is 0 Å². The zero-order chi connectivity index (χ0) is 12.2. The van der Waals surface area contributed by atoms with Crippen molar-refractivity contribution in [2.75, 3.05) is 7.05 Å². The van der Waals surface area contributed by atoms with Crippen molar-refractivity contribution in [2.24, 2.45) is 0 Å². The molecule has 5 heteroatoms. The molecule has 0 fully saturated rings. The largest absolute Gasteiger partial charge is 0.279 e. The normalized spacial score (nSPS) is 12.3. The predicted molar refractivity (Wildman–Crippen MR) is 65.1 cm³/mol. The highest BCUT2D eigenvalue weighted by molar-refractivity contribution is 7.87. The van der Waals surface area contributed by atoms with Crippen LogP contribution in [0.4, 0.5) is 0 Å². The molecular formula is C11H18N2O2S. The van der Waals surface area contributed by atoms with Crippen molar-refractivity contribution < 1.29 is 8.42 Å². The second kappa shape index (κ2) is 5.43. The van der Waals surface area contributed by atoms with Gasteiger partial charge in [0.05, 0.1) is 0 Å². The van der Waals surface area contributed by atoms with Crippen LogP contribution in [0.5, 0.6) is 0 Å². The first-order chi connectivity index (χ1) is 7.42. The summed E-state index contributed by atoms with van der Waals surface area (Å²) in [7, 11) is -1.81. The summed E-state index contributed by atoms with van der Waals surface area (Å²) in [6.07, 6.45) is 0. The summed E-state index contributed by atoms with van der Waals surface area (Å²) in [6.45, 7) is 3.98. The van der Waals surface area contributed by atoms with Crippen molar-refractivity contribution in [2.45, 2.75) is 26.4 Å². The minimum atomic E-state index is -3.37. The summed E-state index contributed by atoms with van der Waals surface area (Å²) in [5.74, 6) is 0. The first kappa shape index (κ1) is 13.2. The van der Waals surface area contributed by atoms with E-state index >= 15 is 0 Å². The summed E-state index contributed by atoms with van der Waals surface area (Å²) < 4.78 is 27.4. The van der Waals surface area contributed by atoms with Crippen molar-refractivity contribution in [1.82, 2.24) is 9.03 Å². The molecule has 0 spiro atoms. The zero-order valence-corrected chi connectivity index (χ0v) is 10.7. The Kier molecular flexibility index (Phi) is 4.46. The van der Waals surface area contributed by atoms with Crippen LogP contribution in [-0.4, -0.2) is 25.8 Å². The van der Waals surface area contributed by atoms with Crippen LogP contribution in [0.2, 0.25) is 0 Å². The minimum absolute atomic E-state index is 0.0942. The van der Waals surface area contributed by atoms with Gasteiger partial charge in [0.15, 0.2) is 0 Å². The molecule has 0 aliphatic carbocycles. The van der Waals surface area contributed by atoms with E-state index in [1.807, 2.05) is 30.3 Å². The van der Waals surface area contributed by atoms with Crippen LogP contribution in [0.1, 0.15) is 19.4 Å². The number of benzene rings is 1. The Hall–Kier alpha value is -0.910. The molecule has 0 aromatic heterocycles. The highest BCUT2D eigenvalue weighted by Gasteiger charge is 2.18. The van der Waals surface area contributed by atoms with Gasteiger partial charge in [-0.2, -0.15) is 17.4 Å². The number of hydrogen-bond donors (Lipinski definition) is 1. The average molecular weight is 242 g/mol. The molecule has 16 heavy (non-hydrogen) atoms. The number of nitrogens with zero attached hydrogens (tertiary/aromatic N) is 1. The van der Waals surface area contributed by atoms with E-state index in [-0.39, 0.29) is 6.04 Å². The van der Waals surface area contributed by atoms with Crippen molar-refractivity contribution in [3.05, 3.63) is 35.9 Å². The van der Waals surface area contributed by atoms with E-state index < -0.39 is 10.2 Å². The SMILES string of the molecule is CC(C)NS(=O)(=O)N(C)Cc1ccccc1. The molecule has 0 aliphatic rings. The van der Waals surface area contributed by atoms with Gasteiger partial charge >= 0.3 is 0 Å². The third-order valence-corrected chi connectivity index (χ3v) is 3.76. The van der Waals surface area contributed by atoms with Gasteiger partial charge in [-0.3, -0.25) is 0 Å². The van der Waals surface area contributed by atoms with E-state index in [1.165, 1.54) is 4.31 Å². The van der Waals surface area contributed by atoms with E-state index in [2.05, 4.69) is 4.72 Å². The number of nitrogens with one attached hydrogen (secondary N) is 1. The van der Waals surface area contributed by atoms with Crippen molar-refractivity contribution in [1.29, 1.82) is 0 Å². The van der Waals surface area contributed by atoms with Crippen molar-refractivity contribution >= 4 is 10.2 Å². The van der Waals surface area contributed by atoms with Crippen LogP contribution in [0, 0.1) is 0 Å². The van der Waals surface area contributed by atoms with Gasteiger partial charge in [0.2, 0.25) is 0 Å². The smallest absolute Gasteiger partial charge is 0.200 e. The molecule has 0 radical (unpaired) electrons. The monoisotopic (exact) mass is 242 g/mol. The Morgan fingerprint density at radius 1 is 1.25 bits per heavy atom. The molecular weight excluding hydrogens is 224 g/mol. The molecule has 0 bridgehead atoms. The van der Waals surface area contributed by atoms with Gasteiger partial charge in [-0.1, -0.05) is 30.3 Å². The second-order valence-electron chi connectivity index (χ2n) is 4.02. The van der Waals surface area contributed by atoms with Gasteiger partial charge in [-0.05, 0) is 19.4 Å². The molecule has 0 unspecified atom stereocenters. The Morgan fingerprint density at radius 2 is 1.81 bits per heavy atom. The number of rotatable bonds is 5. The fourth-order valence-corrected chi connectivity index (χ4v) is 2.41. The summed E-state index contributed by atoms with van der Waals surface area (Å²) in [4.78, 5) is 0. The summed E-state index contributed by atoms with van der Waals surface area (Å²) in [5.41, 5.74) is 0.971. The third kappa shape index (κ3) is 3.92. The highest BCUT2D eigenvalue weighted by atomic mass is 32.2. The standard InChI is InChI=1S/C11H18N2O2S/c1-10(2)12-16(14,15)13(3)9-11-7-5-4-6-8-11/h4-8,10,12H,9H2,1-3H3. The topological polar surface area (TPSA) is 49.4 Å². The molecule has 0 atom stereocenters. The lowest BCUT2D eigenvalue weighted by Crippen LogP contribution is -2.41. The molecule has 1 N–H and O–H groups in total. The quantitative estimate of drug-likeness (QED) is 0.847.